The van der Waals surface area contributed by atoms with E-state index in [9.17, 15) is 0 Å². The van der Waals surface area contributed by atoms with Crippen LogP contribution in [0.4, 0.5) is 0 Å². The molecule has 62 valence electrons. The number of rotatable bonds is 3. The van der Waals surface area contributed by atoms with Gasteiger partial charge in [-0.3, -0.25) is 0 Å². The molecular weight excluding hydrogens is 140 g/mol. The largest absolute Gasteiger partial charge is 0.499 e. The molecule has 2 heteroatoms. The molecule has 0 amide bonds. The van der Waals surface area contributed by atoms with Gasteiger partial charge in [0.25, 0.3) is 0 Å². The summed E-state index contributed by atoms with van der Waals surface area (Å²) in [7, 11) is 0. The lowest BCUT2D eigenvalue weighted by atomic mass is 9.90. The minimum atomic E-state index is 0.104. The van der Waals surface area contributed by atoms with Crippen molar-refractivity contribution in [3.8, 4) is 0 Å². The zero-order chi connectivity index (χ0) is 7.73. The Morgan fingerprint density at radius 1 is 1.64 bits per heavy atom. The molecule has 2 atom stereocenters. The van der Waals surface area contributed by atoms with Crippen molar-refractivity contribution >= 4 is 0 Å². The smallest absolute Gasteiger partial charge is 0.128 e. The summed E-state index contributed by atoms with van der Waals surface area (Å²) in [6.45, 7) is 4.23. The fraction of sp³-hybridized carbons (Fsp3) is 0.778. The summed E-state index contributed by atoms with van der Waals surface area (Å²) >= 11 is 0. The third-order valence-corrected chi connectivity index (χ3v) is 2.67. The summed E-state index contributed by atoms with van der Waals surface area (Å²) in [5, 5.41) is 0. The topological polar surface area (TPSA) is 21.8 Å². The second-order valence-electron chi connectivity index (χ2n) is 3.39. The van der Waals surface area contributed by atoms with Crippen LogP contribution in [0.1, 0.15) is 25.7 Å². The number of fused-ring (bicyclic) bond motifs is 1. The Morgan fingerprint density at radius 3 is 3.27 bits per heavy atom. The maximum Gasteiger partial charge on any atom is 0.128 e. The molecule has 0 aromatic heterocycles. The normalized spacial score (nSPS) is 40.9. The number of epoxide rings is 1. The highest BCUT2D eigenvalue weighted by molar-refractivity contribution is 5.05. The Labute approximate surface area is 67.2 Å². The van der Waals surface area contributed by atoms with Crippen LogP contribution in [-0.2, 0) is 9.47 Å². The predicted octanol–water partition coefficient (Wildman–Crippen LogP) is 1.86. The zero-order valence-electron chi connectivity index (χ0n) is 6.71. The Balaban J connectivity index is 1.86. The molecule has 1 heterocycles. The standard InChI is InChI=1S/C9H14O2/c1-2-10-7-9-6-4-3-5-8(9)11-9/h2,8H,1,3-7H2. The van der Waals surface area contributed by atoms with Crippen molar-refractivity contribution in [2.45, 2.75) is 37.4 Å². The van der Waals surface area contributed by atoms with Gasteiger partial charge in [0, 0.05) is 0 Å². The van der Waals surface area contributed by atoms with Gasteiger partial charge >= 0.3 is 0 Å². The minimum Gasteiger partial charge on any atom is -0.499 e. The van der Waals surface area contributed by atoms with Crippen molar-refractivity contribution in [2.75, 3.05) is 6.61 Å². The second-order valence-corrected chi connectivity index (χ2v) is 3.39. The van der Waals surface area contributed by atoms with E-state index in [1.54, 1.807) is 0 Å². The molecule has 0 aromatic rings. The van der Waals surface area contributed by atoms with Crippen LogP contribution in [-0.4, -0.2) is 18.3 Å². The summed E-state index contributed by atoms with van der Waals surface area (Å²) < 4.78 is 10.8. The van der Waals surface area contributed by atoms with Crippen LogP contribution >= 0.6 is 0 Å². The number of ether oxygens (including phenoxy) is 2. The van der Waals surface area contributed by atoms with Crippen molar-refractivity contribution in [1.82, 2.24) is 0 Å². The van der Waals surface area contributed by atoms with Gasteiger partial charge in [-0.2, -0.15) is 0 Å². The van der Waals surface area contributed by atoms with Crippen LogP contribution in [0.5, 0.6) is 0 Å². The van der Waals surface area contributed by atoms with Gasteiger partial charge in [-0.25, -0.2) is 0 Å². The van der Waals surface area contributed by atoms with Crippen LogP contribution in [0, 0.1) is 0 Å². The highest BCUT2D eigenvalue weighted by Crippen LogP contribution is 2.47. The lowest BCUT2D eigenvalue weighted by Gasteiger charge is -2.15. The van der Waals surface area contributed by atoms with E-state index in [0.717, 1.165) is 0 Å². The monoisotopic (exact) mass is 154 g/mol. The van der Waals surface area contributed by atoms with Gasteiger partial charge in [-0.05, 0) is 12.8 Å². The van der Waals surface area contributed by atoms with E-state index in [4.69, 9.17) is 9.47 Å². The van der Waals surface area contributed by atoms with Gasteiger partial charge in [0.1, 0.15) is 12.2 Å². The second kappa shape index (κ2) is 2.52. The minimum absolute atomic E-state index is 0.104. The van der Waals surface area contributed by atoms with Gasteiger partial charge < -0.3 is 9.47 Å². The Bertz CT molecular complexity index is 167. The quantitative estimate of drug-likeness (QED) is 0.457. The lowest BCUT2D eigenvalue weighted by Crippen LogP contribution is -2.24. The average molecular weight is 154 g/mol. The number of hydrogen-bond acceptors (Lipinski definition) is 2. The van der Waals surface area contributed by atoms with Crippen molar-refractivity contribution in [3.63, 3.8) is 0 Å². The first-order valence-electron chi connectivity index (χ1n) is 4.28. The Morgan fingerprint density at radius 2 is 2.55 bits per heavy atom. The van der Waals surface area contributed by atoms with E-state index in [0.29, 0.717) is 12.7 Å². The van der Waals surface area contributed by atoms with Crippen LogP contribution < -0.4 is 0 Å². The maximum absolute atomic E-state index is 5.59. The summed E-state index contributed by atoms with van der Waals surface area (Å²) in [4.78, 5) is 0. The van der Waals surface area contributed by atoms with Crippen LogP contribution in [0.25, 0.3) is 0 Å². The molecule has 1 saturated heterocycles. The van der Waals surface area contributed by atoms with E-state index < -0.39 is 0 Å². The Hall–Kier alpha value is -0.500. The molecule has 0 radical (unpaired) electrons. The van der Waals surface area contributed by atoms with Gasteiger partial charge in [0.05, 0.1) is 12.4 Å². The molecule has 1 aliphatic carbocycles. The van der Waals surface area contributed by atoms with Gasteiger partial charge in [-0.1, -0.05) is 19.4 Å². The Kier molecular flexibility index (Phi) is 1.64. The van der Waals surface area contributed by atoms with Crippen LogP contribution in [0.2, 0.25) is 0 Å². The summed E-state index contributed by atoms with van der Waals surface area (Å²) in [6.07, 6.45) is 7.00. The van der Waals surface area contributed by atoms with E-state index in [-0.39, 0.29) is 5.60 Å². The maximum atomic E-state index is 5.59. The van der Waals surface area contributed by atoms with Gasteiger partial charge in [0.15, 0.2) is 0 Å². The first-order chi connectivity index (χ1) is 5.37. The molecule has 0 spiro atoms. The van der Waals surface area contributed by atoms with Crippen molar-refractivity contribution in [2.24, 2.45) is 0 Å². The van der Waals surface area contributed by atoms with E-state index in [2.05, 4.69) is 6.58 Å². The van der Waals surface area contributed by atoms with Gasteiger partial charge in [-0.15, -0.1) is 0 Å². The molecule has 2 fully saturated rings. The van der Waals surface area contributed by atoms with E-state index in [1.165, 1.54) is 31.9 Å². The fourth-order valence-electron chi connectivity index (χ4n) is 1.94. The molecule has 2 unspecified atom stereocenters. The SMILES string of the molecule is C=COCC12CCCCC1O2. The molecule has 1 aliphatic heterocycles. The molecule has 11 heavy (non-hydrogen) atoms. The zero-order valence-corrected chi connectivity index (χ0v) is 6.71. The highest BCUT2D eigenvalue weighted by Gasteiger charge is 2.57. The van der Waals surface area contributed by atoms with E-state index >= 15 is 0 Å². The summed E-state index contributed by atoms with van der Waals surface area (Å²) in [5.41, 5.74) is 0.104. The molecule has 2 rings (SSSR count). The third kappa shape index (κ3) is 1.16. The molecule has 2 aliphatic rings. The predicted molar refractivity (Wildman–Crippen MR) is 42.2 cm³/mol. The van der Waals surface area contributed by atoms with Crippen LogP contribution in [0.15, 0.2) is 12.8 Å². The summed E-state index contributed by atoms with van der Waals surface area (Å²) in [5.74, 6) is 0. The molecule has 0 bridgehead atoms. The first kappa shape index (κ1) is 7.17. The lowest BCUT2D eigenvalue weighted by molar-refractivity contribution is 0.144. The van der Waals surface area contributed by atoms with Gasteiger partial charge in [0.2, 0.25) is 0 Å². The first-order valence-corrected chi connectivity index (χ1v) is 4.28. The van der Waals surface area contributed by atoms with Crippen molar-refractivity contribution in [3.05, 3.63) is 12.8 Å². The average Bonchev–Trinajstić information content (AvgIpc) is 2.75. The van der Waals surface area contributed by atoms with Crippen LogP contribution in [0.3, 0.4) is 0 Å². The number of hydrogen-bond donors (Lipinski definition) is 0. The van der Waals surface area contributed by atoms with E-state index in [1.807, 2.05) is 0 Å². The summed E-state index contributed by atoms with van der Waals surface area (Å²) in [6, 6.07) is 0. The molecule has 1 saturated carbocycles. The molecule has 0 N–H and O–H groups in total. The fourth-order valence-corrected chi connectivity index (χ4v) is 1.94. The molecular formula is C9H14O2. The van der Waals surface area contributed by atoms with Crippen molar-refractivity contribution < 1.29 is 9.47 Å². The van der Waals surface area contributed by atoms with Crippen molar-refractivity contribution in [1.29, 1.82) is 0 Å². The molecule has 2 nitrogen and oxygen atoms in total. The highest BCUT2D eigenvalue weighted by atomic mass is 16.6. The molecule has 0 aromatic carbocycles. The third-order valence-electron chi connectivity index (χ3n) is 2.67.